The SMILES string of the molecule is CCC(C(=O)NC1CCCCC1)N(Cc1ccc(F)cc1)C(=O)COc1ccc(C)cc1. The number of hydrogen-bond acceptors (Lipinski definition) is 3. The van der Waals surface area contributed by atoms with Crippen molar-refractivity contribution in [1.82, 2.24) is 10.2 Å². The summed E-state index contributed by atoms with van der Waals surface area (Å²) in [5, 5.41) is 3.15. The van der Waals surface area contributed by atoms with Gasteiger partial charge in [0.1, 0.15) is 17.6 Å². The largest absolute Gasteiger partial charge is 0.484 e. The minimum atomic E-state index is -0.615. The van der Waals surface area contributed by atoms with Gasteiger partial charge in [-0.1, -0.05) is 56.0 Å². The van der Waals surface area contributed by atoms with E-state index in [4.69, 9.17) is 4.74 Å². The number of carbonyl (C=O) groups is 2. The van der Waals surface area contributed by atoms with Crippen molar-refractivity contribution in [1.29, 1.82) is 0 Å². The van der Waals surface area contributed by atoms with Gasteiger partial charge < -0.3 is 15.0 Å². The number of carbonyl (C=O) groups excluding carboxylic acids is 2. The van der Waals surface area contributed by atoms with Gasteiger partial charge in [0.25, 0.3) is 5.91 Å². The molecule has 3 rings (SSSR count). The molecule has 0 bridgehead atoms. The van der Waals surface area contributed by atoms with Crippen LogP contribution in [0.25, 0.3) is 0 Å². The number of rotatable bonds is 9. The number of nitrogens with zero attached hydrogens (tertiary/aromatic N) is 1. The molecule has 5 nitrogen and oxygen atoms in total. The van der Waals surface area contributed by atoms with Crippen molar-refractivity contribution in [2.45, 2.75) is 71.0 Å². The molecule has 0 spiro atoms. The van der Waals surface area contributed by atoms with E-state index >= 15 is 0 Å². The third-order valence-electron chi connectivity index (χ3n) is 5.99. The number of amides is 2. The molecule has 2 aromatic carbocycles. The van der Waals surface area contributed by atoms with Crippen LogP contribution in [0.4, 0.5) is 4.39 Å². The van der Waals surface area contributed by atoms with Crippen molar-refractivity contribution in [2.75, 3.05) is 6.61 Å². The van der Waals surface area contributed by atoms with Crippen LogP contribution in [0, 0.1) is 12.7 Å². The molecule has 2 aromatic rings. The predicted octanol–water partition coefficient (Wildman–Crippen LogP) is 4.77. The summed E-state index contributed by atoms with van der Waals surface area (Å²) in [4.78, 5) is 27.9. The van der Waals surface area contributed by atoms with Gasteiger partial charge in [0, 0.05) is 12.6 Å². The van der Waals surface area contributed by atoms with Crippen LogP contribution < -0.4 is 10.1 Å². The van der Waals surface area contributed by atoms with E-state index in [0.29, 0.717) is 12.2 Å². The summed E-state index contributed by atoms with van der Waals surface area (Å²) >= 11 is 0. The number of halogens is 1. The maximum Gasteiger partial charge on any atom is 0.261 e. The van der Waals surface area contributed by atoms with Crippen LogP contribution in [0.5, 0.6) is 5.75 Å². The molecule has 0 heterocycles. The molecule has 1 atom stereocenters. The maximum absolute atomic E-state index is 13.4. The Morgan fingerprint density at radius 1 is 1.06 bits per heavy atom. The molecule has 172 valence electrons. The lowest BCUT2D eigenvalue weighted by molar-refractivity contribution is -0.143. The van der Waals surface area contributed by atoms with E-state index in [1.54, 1.807) is 17.0 Å². The summed E-state index contributed by atoms with van der Waals surface area (Å²) in [5.41, 5.74) is 1.87. The van der Waals surface area contributed by atoms with E-state index in [2.05, 4.69) is 5.32 Å². The molecule has 0 saturated heterocycles. The molecule has 1 N–H and O–H groups in total. The Morgan fingerprint density at radius 2 is 1.72 bits per heavy atom. The van der Waals surface area contributed by atoms with Crippen LogP contribution in [0.3, 0.4) is 0 Å². The third-order valence-corrected chi connectivity index (χ3v) is 5.99. The smallest absolute Gasteiger partial charge is 0.261 e. The minimum Gasteiger partial charge on any atom is -0.484 e. The van der Waals surface area contributed by atoms with Gasteiger partial charge in [-0.15, -0.1) is 0 Å². The lowest BCUT2D eigenvalue weighted by Crippen LogP contribution is -2.52. The molecule has 0 radical (unpaired) electrons. The van der Waals surface area contributed by atoms with Crippen molar-refractivity contribution >= 4 is 11.8 Å². The Hall–Kier alpha value is -2.89. The first kappa shape index (κ1) is 23.8. The molecule has 0 aliphatic heterocycles. The summed E-state index contributed by atoms with van der Waals surface area (Å²) in [5.74, 6) is -0.146. The maximum atomic E-state index is 13.4. The number of nitrogens with one attached hydrogen (secondary N) is 1. The predicted molar refractivity (Wildman–Crippen MR) is 123 cm³/mol. The zero-order valence-corrected chi connectivity index (χ0v) is 19.0. The van der Waals surface area contributed by atoms with Gasteiger partial charge in [-0.2, -0.15) is 0 Å². The standard InChI is InChI=1S/C26H33FN2O3/c1-3-24(26(31)28-22-7-5-4-6-8-22)29(17-20-11-13-21(27)14-12-20)25(30)18-32-23-15-9-19(2)10-16-23/h9-16,22,24H,3-8,17-18H2,1-2H3,(H,28,31). The topological polar surface area (TPSA) is 58.6 Å². The Balaban J connectivity index is 1.73. The Morgan fingerprint density at radius 3 is 2.34 bits per heavy atom. The highest BCUT2D eigenvalue weighted by Gasteiger charge is 2.30. The van der Waals surface area contributed by atoms with Gasteiger partial charge in [0.05, 0.1) is 0 Å². The van der Waals surface area contributed by atoms with Crippen LogP contribution in [0.2, 0.25) is 0 Å². The lowest BCUT2D eigenvalue weighted by Gasteiger charge is -2.32. The van der Waals surface area contributed by atoms with Gasteiger partial charge in [-0.25, -0.2) is 4.39 Å². The van der Waals surface area contributed by atoms with Gasteiger partial charge in [0.15, 0.2) is 6.61 Å². The highest BCUT2D eigenvalue weighted by Crippen LogP contribution is 2.19. The van der Waals surface area contributed by atoms with Crippen molar-refractivity contribution in [2.24, 2.45) is 0 Å². The molecular formula is C26H33FN2O3. The zero-order valence-electron chi connectivity index (χ0n) is 19.0. The number of aryl methyl sites for hydroxylation is 1. The third kappa shape index (κ3) is 6.81. The van der Waals surface area contributed by atoms with Crippen molar-refractivity contribution in [3.8, 4) is 5.75 Å². The molecule has 1 fully saturated rings. The fourth-order valence-corrected chi connectivity index (χ4v) is 4.11. The van der Waals surface area contributed by atoms with Crippen molar-refractivity contribution in [3.63, 3.8) is 0 Å². The Bertz CT molecular complexity index is 877. The van der Waals surface area contributed by atoms with Crippen LogP contribution in [0.15, 0.2) is 48.5 Å². The van der Waals surface area contributed by atoms with Gasteiger partial charge in [-0.3, -0.25) is 9.59 Å². The Labute approximate surface area is 190 Å². The number of hydrogen-bond donors (Lipinski definition) is 1. The van der Waals surface area contributed by atoms with Crippen LogP contribution in [0.1, 0.15) is 56.6 Å². The van der Waals surface area contributed by atoms with E-state index in [-0.39, 0.29) is 36.8 Å². The average Bonchev–Trinajstić information content (AvgIpc) is 2.80. The number of ether oxygens (including phenoxy) is 1. The monoisotopic (exact) mass is 440 g/mol. The zero-order chi connectivity index (χ0) is 22.9. The highest BCUT2D eigenvalue weighted by atomic mass is 19.1. The van der Waals surface area contributed by atoms with E-state index in [1.807, 2.05) is 38.1 Å². The first-order valence-electron chi connectivity index (χ1n) is 11.5. The summed E-state index contributed by atoms with van der Waals surface area (Å²) in [6.07, 6.45) is 5.87. The minimum absolute atomic E-state index is 0.134. The number of benzene rings is 2. The fourth-order valence-electron chi connectivity index (χ4n) is 4.11. The molecular weight excluding hydrogens is 407 g/mol. The van der Waals surface area contributed by atoms with Crippen LogP contribution in [-0.4, -0.2) is 35.4 Å². The molecule has 1 saturated carbocycles. The molecule has 32 heavy (non-hydrogen) atoms. The van der Waals surface area contributed by atoms with E-state index < -0.39 is 6.04 Å². The first-order chi connectivity index (χ1) is 15.5. The van der Waals surface area contributed by atoms with Crippen molar-refractivity contribution in [3.05, 3.63) is 65.5 Å². The van der Waals surface area contributed by atoms with E-state index in [9.17, 15) is 14.0 Å². The van der Waals surface area contributed by atoms with Crippen LogP contribution >= 0.6 is 0 Å². The molecule has 0 aromatic heterocycles. The summed E-state index contributed by atoms with van der Waals surface area (Å²) in [6, 6.07) is 13.0. The molecule has 1 unspecified atom stereocenters. The molecule has 2 amide bonds. The quantitative estimate of drug-likeness (QED) is 0.611. The molecule has 1 aliphatic carbocycles. The second kappa shape index (κ2) is 11.7. The summed E-state index contributed by atoms with van der Waals surface area (Å²) in [7, 11) is 0. The normalized spacial score (nSPS) is 15.1. The van der Waals surface area contributed by atoms with Crippen molar-refractivity contribution < 1.29 is 18.7 Å². The second-order valence-corrected chi connectivity index (χ2v) is 8.52. The van der Waals surface area contributed by atoms with E-state index in [1.165, 1.54) is 18.6 Å². The molecule has 1 aliphatic rings. The first-order valence-corrected chi connectivity index (χ1v) is 11.5. The van der Waals surface area contributed by atoms with Crippen LogP contribution in [-0.2, 0) is 16.1 Å². The summed E-state index contributed by atoms with van der Waals surface area (Å²) in [6.45, 7) is 3.93. The van der Waals surface area contributed by atoms with E-state index in [0.717, 1.165) is 36.8 Å². The molecule has 6 heteroatoms. The fraction of sp³-hybridized carbons (Fsp3) is 0.462. The van der Waals surface area contributed by atoms with Gasteiger partial charge in [0.2, 0.25) is 5.91 Å². The summed E-state index contributed by atoms with van der Waals surface area (Å²) < 4.78 is 19.1. The highest BCUT2D eigenvalue weighted by molar-refractivity contribution is 5.88. The van der Waals surface area contributed by atoms with Gasteiger partial charge >= 0.3 is 0 Å². The van der Waals surface area contributed by atoms with Gasteiger partial charge in [-0.05, 0) is 56.0 Å². The Kier molecular flexibility index (Phi) is 8.65. The second-order valence-electron chi connectivity index (χ2n) is 8.52. The average molecular weight is 441 g/mol. The lowest BCUT2D eigenvalue weighted by atomic mass is 9.95.